The van der Waals surface area contributed by atoms with E-state index in [0.29, 0.717) is 5.75 Å². The van der Waals surface area contributed by atoms with Gasteiger partial charge in [0.25, 0.3) is 0 Å². The minimum atomic E-state index is -0.825. The summed E-state index contributed by atoms with van der Waals surface area (Å²) in [6, 6.07) is 6.28. The molecule has 0 aliphatic rings. The molecule has 1 rings (SSSR count). The van der Waals surface area contributed by atoms with Crippen molar-refractivity contribution in [2.24, 2.45) is 0 Å². The predicted octanol–water partition coefficient (Wildman–Crippen LogP) is 2.29. The fourth-order valence-corrected chi connectivity index (χ4v) is 1.17. The molecule has 0 spiro atoms. The van der Waals surface area contributed by atoms with Gasteiger partial charge in [-0.05, 0) is 45.0 Å². The van der Waals surface area contributed by atoms with Gasteiger partial charge < -0.3 is 14.3 Å². The van der Waals surface area contributed by atoms with E-state index in [-0.39, 0.29) is 5.56 Å². The summed E-state index contributed by atoms with van der Waals surface area (Å²) >= 11 is 0. The lowest BCUT2D eigenvalue weighted by atomic mass is 10.2. The zero-order chi connectivity index (χ0) is 14.5. The number of nitrogens with one attached hydrogen (secondary N) is 1. The van der Waals surface area contributed by atoms with Crippen molar-refractivity contribution >= 4 is 12.1 Å². The molecule has 0 fully saturated rings. The highest BCUT2D eigenvalue weighted by Gasteiger charge is 2.17. The number of amides is 1. The van der Waals surface area contributed by atoms with Crippen molar-refractivity contribution in [1.82, 2.24) is 5.48 Å². The number of hydrogen-bond donors (Lipinski definition) is 1. The van der Waals surface area contributed by atoms with E-state index >= 15 is 0 Å². The maximum absolute atomic E-state index is 11.6. The molecule has 0 radical (unpaired) electrons. The normalized spacial score (nSPS) is 10.5. The fourth-order valence-electron chi connectivity index (χ4n) is 1.17. The topological polar surface area (TPSA) is 73.9 Å². The zero-order valence-corrected chi connectivity index (χ0v) is 11.4. The Morgan fingerprint density at radius 2 is 1.68 bits per heavy atom. The van der Waals surface area contributed by atoms with Gasteiger partial charge in [0.15, 0.2) is 0 Å². The summed E-state index contributed by atoms with van der Waals surface area (Å²) in [6.07, 6.45) is -0.825. The van der Waals surface area contributed by atoms with E-state index in [2.05, 4.69) is 4.84 Å². The van der Waals surface area contributed by atoms with Gasteiger partial charge in [0.05, 0.1) is 12.7 Å². The average Bonchev–Trinajstić information content (AvgIpc) is 2.34. The Kier molecular flexibility index (Phi) is 4.74. The Morgan fingerprint density at radius 1 is 1.11 bits per heavy atom. The number of hydrogen-bond acceptors (Lipinski definition) is 5. The minimum absolute atomic E-state index is 0.289. The third-order valence-electron chi connectivity index (χ3n) is 1.95. The number of benzene rings is 1. The first kappa shape index (κ1) is 14.8. The monoisotopic (exact) mass is 267 g/mol. The van der Waals surface area contributed by atoms with Crippen LogP contribution in [0.1, 0.15) is 31.1 Å². The fraction of sp³-hybridized carbons (Fsp3) is 0.385. The van der Waals surface area contributed by atoms with Gasteiger partial charge >= 0.3 is 12.1 Å². The maximum Gasteiger partial charge on any atom is 0.441 e. The lowest BCUT2D eigenvalue weighted by molar-refractivity contribution is -0.00130. The molecular weight excluding hydrogens is 250 g/mol. The molecular formula is C13H17NO5. The summed E-state index contributed by atoms with van der Waals surface area (Å²) < 4.78 is 9.87. The van der Waals surface area contributed by atoms with Gasteiger partial charge in [0.2, 0.25) is 0 Å². The standard InChI is InChI=1S/C13H17NO5/c1-13(2,3)18-12(16)14-19-11(15)9-5-7-10(17-4)8-6-9/h5-8H,1-4H3,(H,14,16). The molecule has 0 aliphatic heterocycles. The molecule has 19 heavy (non-hydrogen) atoms. The highest BCUT2D eigenvalue weighted by Crippen LogP contribution is 2.12. The van der Waals surface area contributed by atoms with Gasteiger partial charge in [0.1, 0.15) is 11.4 Å². The third-order valence-corrected chi connectivity index (χ3v) is 1.95. The molecule has 0 saturated carbocycles. The Morgan fingerprint density at radius 3 is 2.16 bits per heavy atom. The highest BCUT2D eigenvalue weighted by atomic mass is 16.7. The van der Waals surface area contributed by atoms with E-state index in [1.165, 1.54) is 19.2 Å². The first-order valence-corrected chi connectivity index (χ1v) is 5.66. The summed E-state index contributed by atoms with van der Waals surface area (Å²) in [5.41, 5.74) is 1.56. The Hall–Kier alpha value is -2.24. The molecule has 0 heterocycles. The van der Waals surface area contributed by atoms with Crippen LogP contribution in [-0.4, -0.2) is 24.8 Å². The lowest BCUT2D eigenvalue weighted by Crippen LogP contribution is -2.34. The van der Waals surface area contributed by atoms with Crippen LogP contribution in [0.25, 0.3) is 0 Å². The highest BCUT2D eigenvalue weighted by molar-refractivity contribution is 5.90. The zero-order valence-electron chi connectivity index (χ0n) is 11.4. The number of ether oxygens (including phenoxy) is 2. The van der Waals surface area contributed by atoms with Gasteiger partial charge in [-0.2, -0.15) is 0 Å². The molecule has 6 nitrogen and oxygen atoms in total. The number of rotatable bonds is 2. The SMILES string of the molecule is COc1ccc(C(=O)ONC(=O)OC(C)(C)C)cc1. The molecule has 1 N–H and O–H groups in total. The van der Waals surface area contributed by atoms with E-state index in [4.69, 9.17) is 9.47 Å². The van der Waals surface area contributed by atoms with Gasteiger partial charge in [0, 0.05) is 0 Å². The molecule has 1 aromatic rings. The van der Waals surface area contributed by atoms with Gasteiger partial charge in [-0.1, -0.05) is 0 Å². The smallest absolute Gasteiger partial charge is 0.441 e. The average molecular weight is 267 g/mol. The van der Waals surface area contributed by atoms with E-state index in [9.17, 15) is 9.59 Å². The van der Waals surface area contributed by atoms with Crippen LogP contribution in [0, 0.1) is 0 Å². The summed E-state index contributed by atoms with van der Waals surface area (Å²) in [4.78, 5) is 27.5. The molecule has 0 saturated heterocycles. The van der Waals surface area contributed by atoms with Crippen LogP contribution in [-0.2, 0) is 9.57 Å². The van der Waals surface area contributed by atoms with Crippen LogP contribution >= 0.6 is 0 Å². The molecule has 104 valence electrons. The Labute approximate surface area is 111 Å². The molecule has 1 aromatic carbocycles. The minimum Gasteiger partial charge on any atom is -0.497 e. The lowest BCUT2D eigenvalue weighted by Gasteiger charge is -2.19. The summed E-state index contributed by atoms with van der Waals surface area (Å²) in [5.74, 6) is -0.0647. The van der Waals surface area contributed by atoms with E-state index in [1.54, 1.807) is 32.9 Å². The van der Waals surface area contributed by atoms with Crippen molar-refractivity contribution in [2.45, 2.75) is 26.4 Å². The van der Waals surface area contributed by atoms with Crippen molar-refractivity contribution in [3.8, 4) is 5.75 Å². The summed E-state index contributed by atoms with van der Waals surface area (Å²) in [5, 5.41) is 0. The van der Waals surface area contributed by atoms with Crippen molar-refractivity contribution < 1.29 is 23.9 Å². The molecule has 0 aliphatic carbocycles. The van der Waals surface area contributed by atoms with Crippen LogP contribution < -0.4 is 10.2 Å². The third kappa shape index (κ3) is 5.29. The van der Waals surface area contributed by atoms with E-state index in [0.717, 1.165) is 0 Å². The summed E-state index contributed by atoms with van der Waals surface area (Å²) in [7, 11) is 1.53. The molecule has 0 bridgehead atoms. The van der Waals surface area contributed by atoms with Crippen LogP contribution in [0.2, 0.25) is 0 Å². The van der Waals surface area contributed by atoms with Crippen LogP contribution in [0.3, 0.4) is 0 Å². The number of carbonyl (C=O) groups is 2. The van der Waals surface area contributed by atoms with Gasteiger partial charge in [-0.25, -0.2) is 9.59 Å². The first-order valence-electron chi connectivity index (χ1n) is 5.66. The van der Waals surface area contributed by atoms with E-state index < -0.39 is 17.7 Å². The van der Waals surface area contributed by atoms with Crippen molar-refractivity contribution in [1.29, 1.82) is 0 Å². The molecule has 0 unspecified atom stereocenters. The van der Waals surface area contributed by atoms with Crippen LogP contribution in [0.4, 0.5) is 4.79 Å². The second-order valence-corrected chi connectivity index (χ2v) is 4.72. The Balaban J connectivity index is 2.49. The number of hydroxylamine groups is 1. The number of methoxy groups -OCH3 is 1. The number of carbonyl (C=O) groups excluding carboxylic acids is 2. The first-order chi connectivity index (χ1) is 8.81. The largest absolute Gasteiger partial charge is 0.497 e. The van der Waals surface area contributed by atoms with Crippen molar-refractivity contribution in [3.63, 3.8) is 0 Å². The van der Waals surface area contributed by atoms with Gasteiger partial charge in [-0.3, -0.25) is 0 Å². The second-order valence-electron chi connectivity index (χ2n) is 4.72. The Bertz CT molecular complexity index is 447. The molecule has 1 amide bonds. The predicted molar refractivity (Wildman–Crippen MR) is 67.8 cm³/mol. The second kappa shape index (κ2) is 6.08. The van der Waals surface area contributed by atoms with Crippen molar-refractivity contribution in [2.75, 3.05) is 7.11 Å². The van der Waals surface area contributed by atoms with Gasteiger partial charge in [-0.15, -0.1) is 5.48 Å². The van der Waals surface area contributed by atoms with E-state index in [1.807, 2.05) is 5.48 Å². The van der Waals surface area contributed by atoms with Crippen molar-refractivity contribution in [3.05, 3.63) is 29.8 Å². The molecule has 0 atom stereocenters. The van der Waals surface area contributed by atoms with Crippen LogP contribution in [0.5, 0.6) is 5.75 Å². The van der Waals surface area contributed by atoms with Crippen LogP contribution in [0.15, 0.2) is 24.3 Å². The maximum atomic E-state index is 11.6. The quantitative estimate of drug-likeness (QED) is 0.832. The molecule has 0 aromatic heterocycles. The molecule has 6 heteroatoms. The summed E-state index contributed by atoms with van der Waals surface area (Å²) in [6.45, 7) is 5.12.